The summed E-state index contributed by atoms with van der Waals surface area (Å²) in [5.41, 5.74) is 7.62. The van der Waals surface area contributed by atoms with Crippen LogP contribution in [-0.4, -0.2) is 0 Å². The number of hydrogen-bond donors (Lipinski definition) is 0. The second kappa shape index (κ2) is 12.3. The van der Waals surface area contributed by atoms with Crippen molar-refractivity contribution < 1.29 is 0 Å². The minimum atomic E-state index is 1.25. The van der Waals surface area contributed by atoms with Gasteiger partial charge in [-0.15, -0.1) is 22.7 Å². The van der Waals surface area contributed by atoms with Gasteiger partial charge in [0.25, 0.3) is 0 Å². The summed E-state index contributed by atoms with van der Waals surface area (Å²) < 4.78 is 5.48. The molecule has 0 spiro atoms. The molecule has 0 radical (unpaired) electrons. The number of benzene rings is 11. The maximum absolute atomic E-state index is 2.46. The Labute approximate surface area is 342 Å². The lowest BCUT2D eigenvalue weighted by molar-refractivity contribution is 1.67. The molecule has 0 aliphatic heterocycles. The zero-order chi connectivity index (χ0) is 37.9. The molecule has 0 fully saturated rings. The highest BCUT2D eigenvalue weighted by atomic mass is 32.1. The van der Waals surface area contributed by atoms with Crippen LogP contribution in [0.2, 0.25) is 0 Å². The summed E-state index contributed by atoms with van der Waals surface area (Å²) in [4.78, 5) is 0. The Balaban J connectivity index is 1.06. The van der Waals surface area contributed by atoms with Crippen molar-refractivity contribution in [2.45, 2.75) is 0 Å². The lowest BCUT2D eigenvalue weighted by Crippen LogP contribution is -1.93. The lowest BCUT2D eigenvalue weighted by Gasteiger charge is -2.20. The van der Waals surface area contributed by atoms with Crippen molar-refractivity contribution in [1.82, 2.24) is 0 Å². The van der Waals surface area contributed by atoms with Gasteiger partial charge in [-0.25, -0.2) is 0 Å². The van der Waals surface area contributed by atoms with E-state index in [4.69, 9.17) is 0 Å². The molecule has 58 heavy (non-hydrogen) atoms. The number of hydrogen-bond acceptors (Lipinski definition) is 2. The highest BCUT2D eigenvalue weighted by Gasteiger charge is 2.22. The molecule has 0 amide bonds. The maximum Gasteiger partial charge on any atom is 0.0540 e. The van der Waals surface area contributed by atoms with Gasteiger partial charge in [-0.1, -0.05) is 176 Å². The smallest absolute Gasteiger partial charge is 0.0540 e. The van der Waals surface area contributed by atoms with E-state index >= 15 is 0 Å². The van der Waals surface area contributed by atoms with Crippen LogP contribution >= 0.6 is 22.7 Å². The summed E-state index contributed by atoms with van der Waals surface area (Å²) in [6.07, 6.45) is 0. The van der Waals surface area contributed by atoms with Crippen molar-refractivity contribution in [3.8, 4) is 33.4 Å². The van der Waals surface area contributed by atoms with Crippen LogP contribution in [-0.2, 0) is 0 Å². The van der Waals surface area contributed by atoms with Crippen LogP contribution in [0.4, 0.5) is 0 Å². The Morgan fingerprint density at radius 1 is 0.259 bits per heavy atom. The van der Waals surface area contributed by atoms with Gasteiger partial charge in [0.05, 0.1) is 9.40 Å². The van der Waals surface area contributed by atoms with Gasteiger partial charge >= 0.3 is 0 Å². The van der Waals surface area contributed by atoms with E-state index in [1.54, 1.807) is 0 Å². The predicted molar refractivity (Wildman–Crippen MR) is 256 cm³/mol. The normalized spacial score (nSPS) is 12.1. The first-order valence-corrected chi connectivity index (χ1v) is 21.6. The number of thiophene rings is 2. The molecule has 0 saturated heterocycles. The van der Waals surface area contributed by atoms with E-state index < -0.39 is 0 Å². The van der Waals surface area contributed by atoms with Crippen LogP contribution in [0, 0.1) is 0 Å². The fourth-order valence-corrected chi connectivity index (χ4v) is 12.6. The number of fused-ring (bicyclic) bond motifs is 14. The molecule has 268 valence electrons. The molecule has 0 aliphatic rings. The molecule has 13 rings (SSSR count). The third-order valence-electron chi connectivity index (χ3n) is 12.5. The van der Waals surface area contributed by atoms with Crippen molar-refractivity contribution >= 4 is 117 Å². The Bertz CT molecular complexity index is 3800. The molecule has 0 unspecified atom stereocenters. The van der Waals surface area contributed by atoms with E-state index in [1.807, 2.05) is 22.7 Å². The van der Waals surface area contributed by atoms with Gasteiger partial charge in [0.1, 0.15) is 0 Å². The fraction of sp³-hybridized carbons (Fsp3) is 0. The van der Waals surface area contributed by atoms with Crippen LogP contribution in [0.15, 0.2) is 194 Å². The summed E-state index contributed by atoms with van der Waals surface area (Å²) in [6, 6.07) is 72.4. The van der Waals surface area contributed by atoms with Crippen LogP contribution in [0.25, 0.3) is 128 Å². The van der Waals surface area contributed by atoms with Crippen molar-refractivity contribution in [1.29, 1.82) is 0 Å². The molecule has 0 nitrogen and oxygen atoms in total. The molecule has 2 aromatic heterocycles. The van der Waals surface area contributed by atoms with Crippen molar-refractivity contribution in [3.63, 3.8) is 0 Å². The molecule has 0 saturated carbocycles. The van der Waals surface area contributed by atoms with Crippen molar-refractivity contribution in [2.75, 3.05) is 0 Å². The molecule has 11 aromatic carbocycles. The Kier molecular flexibility index (Phi) is 6.86. The van der Waals surface area contributed by atoms with E-state index in [2.05, 4.69) is 194 Å². The zero-order valence-electron chi connectivity index (χ0n) is 31.3. The van der Waals surface area contributed by atoms with E-state index in [9.17, 15) is 0 Å². The molecule has 0 aliphatic carbocycles. The second-order valence-corrected chi connectivity index (χ2v) is 17.5. The highest BCUT2D eigenvalue weighted by molar-refractivity contribution is 7.33. The Morgan fingerprint density at radius 2 is 0.690 bits per heavy atom. The molecule has 13 aromatic rings. The summed E-state index contributed by atoms with van der Waals surface area (Å²) in [5, 5.41) is 18.3. The van der Waals surface area contributed by atoms with Crippen LogP contribution < -0.4 is 0 Å². The third kappa shape index (κ3) is 4.50. The second-order valence-electron chi connectivity index (χ2n) is 15.4. The summed E-state index contributed by atoms with van der Waals surface area (Å²) >= 11 is 3.88. The van der Waals surface area contributed by atoms with Gasteiger partial charge in [-0.3, -0.25) is 0 Å². The van der Waals surface area contributed by atoms with E-state index in [-0.39, 0.29) is 0 Å². The minimum Gasteiger partial charge on any atom is -0.134 e. The Morgan fingerprint density at radius 3 is 1.33 bits per heavy atom. The van der Waals surface area contributed by atoms with Gasteiger partial charge in [0, 0.05) is 30.9 Å². The summed E-state index contributed by atoms with van der Waals surface area (Å²) in [5.74, 6) is 0. The molecule has 2 heterocycles. The van der Waals surface area contributed by atoms with E-state index in [0.717, 1.165) is 0 Å². The first-order chi connectivity index (χ1) is 28.8. The summed E-state index contributed by atoms with van der Waals surface area (Å²) in [7, 11) is 0. The van der Waals surface area contributed by atoms with Crippen LogP contribution in [0.3, 0.4) is 0 Å². The molecule has 2 heteroatoms. The first kappa shape index (κ1) is 32.3. The van der Waals surface area contributed by atoms with Crippen LogP contribution in [0.1, 0.15) is 0 Å². The molecule has 0 atom stereocenters. The van der Waals surface area contributed by atoms with Crippen molar-refractivity contribution in [3.05, 3.63) is 194 Å². The predicted octanol–water partition coefficient (Wildman–Crippen LogP) is 17.2. The van der Waals surface area contributed by atoms with Gasteiger partial charge in [0.2, 0.25) is 0 Å². The van der Waals surface area contributed by atoms with Crippen LogP contribution in [0.5, 0.6) is 0 Å². The first-order valence-electron chi connectivity index (χ1n) is 19.9. The Hall–Kier alpha value is -6.84. The molecule has 0 N–H and O–H groups in total. The molecule has 0 bridgehead atoms. The standard InChI is InChI=1S/C56H32S2/c1-2-16-35-33(14-1)15-13-26-39(35)51-40-19-5-7-21-42(40)52(43-22-8-6-20-41(43)51)46-30-29-36(37-17-3-4-18-38(37)46)34-28-31-50-48(32-34)54-45-24-10-9-23-44(45)53-47-25-11-12-27-49(47)57-55(53)56(54)58-50/h1-32H. The SMILES string of the molecule is c1ccc2c(-c3c4ccccc4c(-c4ccc(-c5ccc6sc7c8sc9ccccc9c8c8ccccc8c7c6c5)c5ccccc45)c4ccccc34)cccc2c1. The third-order valence-corrected chi connectivity index (χ3v) is 15.0. The minimum absolute atomic E-state index is 1.25. The van der Waals surface area contributed by atoms with E-state index in [0.29, 0.717) is 0 Å². The van der Waals surface area contributed by atoms with Gasteiger partial charge in [-0.2, -0.15) is 0 Å². The molecular formula is C56H32S2. The quantitative estimate of drug-likeness (QED) is 0.157. The van der Waals surface area contributed by atoms with Crippen molar-refractivity contribution in [2.24, 2.45) is 0 Å². The van der Waals surface area contributed by atoms with Gasteiger partial charge < -0.3 is 0 Å². The topological polar surface area (TPSA) is 0 Å². The largest absolute Gasteiger partial charge is 0.134 e. The number of rotatable bonds is 3. The fourth-order valence-electron chi connectivity index (χ4n) is 10.0. The maximum atomic E-state index is 2.46. The van der Waals surface area contributed by atoms with Gasteiger partial charge in [-0.05, 0) is 105 Å². The average molecular weight is 769 g/mol. The lowest BCUT2D eigenvalue weighted by atomic mass is 9.83. The average Bonchev–Trinajstić information content (AvgIpc) is 3.87. The summed E-state index contributed by atoms with van der Waals surface area (Å²) in [6.45, 7) is 0. The van der Waals surface area contributed by atoms with E-state index in [1.165, 1.54) is 128 Å². The monoisotopic (exact) mass is 768 g/mol. The van der Waals surface area contributed by atoms with Gasteiger partial charge in [0.15, 0.2) is 0 Å². The highest BCUT2D eigenvalue weighted by Crippen LogP contribution is 2.51. The zero-order valence-corrected chi connectivity index (χ0v) is 32.9. The molecular weight excluding hydrogens is 737 g/mol.